The quantitative estimate of drug-likeness (QED) is 0.862. The Kier molecular flexibility index (Phi) is 3.80. The number of carbonyl (C=O) groups excluding carboxylic acids is 1. The van der Waals surface area contributed by atoms with Crippen LogP contribution in [0.4, 0.5) is 0 Å². The Balaban J connectivity index is 1.75. The number of hydrogen-bond donors (Lipinski definition) is 1. The average Bonchev–Trinajstić information content (AvgIpc) is 3.01. The molecule has 0 radical (unpaired) electrons. The number of hydrogen-bond acceptors (Lipinski definition) is 3. The van der Waals surface area contributed by atoms with Gasteiger partial charge in [-0.15, -0.1) is 0 Å². The molecule has 3 rings (SSSR count). The van der Waals surface area contributed by atoms with Gasteiger partial charge in [0.15, 0.2) is 0 Å². The predicted molar refractivity (Wildman–Crippen MR) is 78.3 cm³/mol. The summed E-state index contributed by atoms with van der Waals surface area (Å²) in [5.41, 5.74) is 0.00927. The van der Waals surface area contributed by atoms with E-state index in [4.69, 9.17) is 4.74 Å². The van der Waals surface area contributed by atoms with Gasteiger partial charge >= 0.3 is 0 Å². The first kappa shape index (κ1) is 14.3. The van der Waals surface area contributed by atoms with Crippen molar-refractivity contribution >= 4 is 5.91 Å². The summed E-state index contributed by atoms with van der Waals surface area (Å²) in [4.78, 5) is 15.1. The normalized spacial score (nSPS) is 32.2. The van der Waals surface area contributed by atoms with Gasteiger partial charge in [0.25, 0.3) is 0 Å². The maximum atomic E-state index is 12.9. The first-order valence-electron chi connectivity index (χ1n) is 8.25. The van der Waals surface area contributed by atoms with E-state index in [2.05, 4.69) is 24.1 Å². The standard InChI is InChI=1S/C16H28N2O2/c1-3-13-17-16(6-4-5-7-16)14(19)18(13)12-15(2)8-10-20-11-9-15/h13,17H,3-12H2,1-2H3. The van der Waals surface area contributed by atoms with E-state index < -0.39 is 0 Å². The van der Waals surface area contributed by atoms with Crippen LogP contribution in [-0.4, -0.2) is 42.3 Å². The fourth-order valence-electron chi connectivity index (χ4n) is 4.15. The largest absolute Gasteiger partial charge is 0.381 e. The maximum Gasteiger partial charge on any atom is 0.244 e. The Morgan fingerprint density at radius 2 is 1.90 bits per heavy atom. The third-order valence-corrected chi connectivity index (χ3v) is 5.59. The van der Waals surface area contributed by atoms with Crippen LogP contribution in [-0.2, 0) is 9.53 Å². The van der Waals surface area contributed by atoms with E-state index in [1.165, 1.54) is 12.8 Å². The minimum absolute atomic E-state index is 0.220. The molecule has 0 bridgehead atoms. The first-order chi connectivity index (χ1) is 9.59. The highest BCUT2D eigenvalue weighted by Crippen LogP contribution is 2.39. The van der Waals surface area contributed by atoms with Crippen molar-refractivity contribution in [3.63, 3.8) is 0 Å². The molecule has 3 aliphatic rings. The van der Waals surface area contributed by atoms with Crippen LogP contribution >= 0.6 is 0 Å². The van der Waals surface area contributed by atoms with Gasteiger partial charge < -0.3 is 9.64 Å². The van der Waals surface area contributed by atoms with Crippen molar-refractivity contribution in [1.29, 1.82) is 0 Å². The van der Waals surface area contributed by atoms with E-state index in [-0.39, 0.29) is 17.1 Å². The van der Waals surface area contributed by atoms with Gasteiger partial charge in [-0.1, -0.05) is 26.7 Å². The molecule has 114 valence electrons. The topological polar surface area (TPSA) is 41.6 Å². The molecule has 4 heteroatoms. The van der Waals surface area contributed by atoms with Crippen LogP contribution in [0.15, 0.2) is 0 Å². The summed E-state index contributed by atoms with van der Waals surface area (Å²) in [7, 11) is 0. The smallest absolute Gasteiger partial charge is 0.244 e. The van der Waals surface area contributed by atoms with E-state index >= 15 is 0 Å². The molecular weight excluding hydrogens is 252 g/mol. The molecule has 1 saturated carbocycles. The summed E-state index contributed by atoms with van der Waals surface area (Å²) < 4.78 is 5.48. The summed E-state index contributed by atoms with van der Waals surface area (Å²) in [5, 5.41) is 3.67. The Morgan fingerprint density at radius 1 is 1.25 bits per heavy atom. The summed E-state index contributed by atoms with van der Waals surface area (Å²) >= 11 is 0. The summed E-state index contributed by atoms with van der Waals surface area (Å²) in [6.07, 6.45) is 7.81. The molecule has 2 saturated heterocycles. The van der Waals surface area contributed by atoms with Crippen LogP contribution in [0.5, 0.6) is 0 Å². The number of carbonyl (C=O) groups is 1. The molecule has 0 aromatic heterocycles. The van der Waals surface area contributed by atoms with Crippen molar-refractivity contribution < 1.29 is 9.53 Å². The fourth-order valence-corrected chi connectivity index (χ4v) is 4.15. The van der Waals surface area contributed by atoms with Crippen molar-refractivity contribution in [3.05, 3.63) is 0 Å². The lowest BCUT2D eigenvalue weighted by Crippen LogP contribution is -2.46. The highest BCUT2D eigenvalue weighted by molar-refractivity contribution is 5.89. The molecular formula is C16H28N2O2. The molecule has 1 aliphatic carbocycles. The van der Waals surface area contributed by atoms with Crippen LogP contribution < -0.4 is 5.32 Å². The molecule has 1 spiro atoms. The zero-order valence-corrected chi connectivity index (χ0v) is 12.9. The Morgan fingerprint density at radius 3 is 2.50 bits per heavy atom. The van der Waals surface area contributed by atoms with Crippen LogP contribution in [0.25, 0.3) is 0 Å². The van der Waals surface area contributed by atoms with Crippen LogP contribution in [0.2, 0.25) is 0 Å². The zero-order valence-electron chi connectivity index (χ0n) is 12.9. The lowest BCUT2D eigenvalue weighted by Gasteiger charge is -2.38. The van der Waals surface area contributed by atoms with Crippen molar-refractivity contribution in [1.82, 2.24) is 10.2 Å². The minimum Gasteiger partial charge on any atom is -0.381 e. The molecule has 1 unspecified atom stereocenters. The van der Waals surface area contributed by atoms with Crippen LogP contribution in [0, 0.1) is 5.41 Å². The molecule has 0 aromatic carbocycles. The second-order valence-electron chi connectivity index (χ2n) is 7.21. The van der Waals surface area contributed by atoms with Gasteiger partial charge in [0.2, 0.25) is 5.91 Å². The Labute approximate surface area is 122 Å². The van der Waals surface area contributed by atoms with Gasteiger partial charge in [-0.3, -0.25) is 10.1 Å². The van der Waals surface area contributed by atoms with E-state index in [9.17, 15) is 4.79 Å². The molecule has 2 heterocycles. The van der Waals surface area contributed by atoms with Gasteiger partial charge in [0.05, 0.1) is 11.7 Å². The van der Waals surface area contributed by atoms with E-state index in [1.54, 1.807) is 0 Å². The highest BCUT2D eigenvalue weighted by atomic mass is 16.5. The average molecular weight is 280 g/mol. The van der Waals surface area contributed by atoms with Gasteiger partial charge in [0, 0.05) is 19.8 Å². The number of nitrogens with zero attached hydrogens (tertiary/aromatic N) is 1. The summed E-state index contributed by atoms with van der Waals surface area (Å²) in [6, 6.07) is 0. The fraction of sp³-hybridized carbons (Fsp3) is 0.938. The maximum absolute atomic E-state index is 12.9. The lowest BCUT2D eigenvalue weighted by molar-refractivity contribution is -0.135. The second-order valence-corrected chi connectivity index (χ2v) is 7.21. The first-order valence-corrected chi connectivity index (χ1v) is 8.25. The summed E-state index contributed by atoms with van der Waals surface area (Å²) in [5.74, 6) is 0.370. The number of amides is 1. The summed E-state index contributed by atoms with van der Waals surface area (Å²) in [6.45, 7) is 7.07. The van der Waals surface area contributed by atoms with Gasteiger partial charge in [-0.2, -0.15) is 0 Å². The SMILES string of the molecule is CCC1NC2(CCCC2)C(=O)N1CC1(C)CCOCC1. The Hall–Kier alpha value is -0.610. The molecule has 20 heavy (non-hydrogen) atoms. The third-order valence-electron chi connectivity index (χ3n) is 5.59. The monoisotopic (exact) mass is 280 g/mol. The third kappa shape index (κ3) is 2.37. The van der Waals surface area contributed by atoms with Gasteiger partial charge in [-0.05, 0) is 37.5 Å². The lowest BCUT2D eigenvalue weighted by atomic mass is 9.81. The van der Waals surface area contributed by atoms with Crippen molar-refractivity contribution in [2.75, 3.05) is 19.8 Å². The molecule has 1 N–H and O–H groups in total. The zero-order chi connectivity index (χ0) is 14.2. The van der Waals surface area contributed by atoms with E-state index in [1.807, 2.05) is 0 Å². The molecule has 1 atom stereocenters. The van der Waals surface area contributed by atoms with E-state index in [0.717, 1.165) is 51.9 Å². The molecule has 1 amide bonds. The van der Waals surface area contributed by atoms with Crippen LogP contribution in [0.1, 0.15) is 58.8 Å². The molecule has 2 aliphatic heterocycles. The van der Waals surface area contributed by atoms with Crippen molar-refractivity contribution in [3.8, 4) is 0 Å². The van der Waals surface area contributed by atoms with Crippen molar-refractivity contribution in [2.24, 2.45) is 5.41 Å². The van der Waals surface area contributed by atoms with Gasteiger partial charge in [-0.25, -0.2) is 0 Å². The van der Waals surface area contributed by atoms with E-state index in [0.29, 0.717) is 5.91 Å². The molecule has 0 aromatic rings. The molecule has 4 nitrogen and oxygen atoms in total. The molecule has 3 fully saturated rings. The minimum atomic E-state index is -0.220. The van der Waals surface area contributed by atoms with Gasteiger partial charge in [0.1, 0.15) is 0 Å². The van der Waals surface area contributed by atoms with Crippen molar-refractivity contribution in [2.45, 2.75) is 70.5 Å². The highest BCUT2D eigenvalue weighted by Gasteiger charge is 2.52. The number of ether oxygens (including phenoxy) is 1. The Bertz CT molecular complexity index is 371. The second kappa shape index (κ2) is 5.30. The number of rotatable bonds is 3. The van der Waals surface area contributed by atoms with Crippen LogP contribution in [0.3, 0.4) is 0 Å². The predicted octanol–water partition coefficient (Wildman–Crippen LogP) is 2.28. The number of nitrogens with one attached hydrogen (secondary N) is 1.